The van der Waals surface area contributed by atoms with Gasteiger partial charge in [-0.3, -0.25) is 4.79 Å². The molecule has 1 aromatic carbocycles. The lowest BCUT2D eigenvalue weighted by molar-refractivity contribution is -0.118. The Hall–Kier alpha value is -1.10. The van der Waals surface area contributed by atoms with E-state index in [0.29, 0.717) is 17.3 Å². The summed E-state index contributed by atoms with van der Waals surface area (Å²) in [5, 5.41) is 3.31. The van der Waals surface area contributed by atoms with Crippen LogP contribution in [0, 0.1) is 0 Å². The first kappa shape index (κ1) is 13.0. The Morgan fingerprint density at radius 1 is 1.62 bits per heavy atom. The molecule has 0 aliphatic heterocycles. The van der Waals surface area contributed by atoms with Gasteiger partial charge in [-0.1, -0.05) is 17.7 Å². The van der Waals surface area contributed by atoms with Crippen LogP contribution in [0.5, 0.6) is 0 Å². The second-order valence-electron chi connectivity index (χ2n) is 3.36. The summed E-state index contributed by atoms with van der Waals surface area (Å²) < 4.78 is 5.02. The largest absolute Gasteiger partial charge is 0.380 e. The number of rotatable bonds is 5. The molecule has 0 aliphatic rings. The minimum atomic E-state index is -0.251. The molecule has 1 rings (SSSR count). The average Bonchev–Trinajstić information content (AvgIpc) is 2.26. The Bertz CT molecular complexity index is 354. The van der Waals surface area contributed by atoms with E-state index in [9.17, 15) is 4.79 Å². The number of halogens is 1. The molecule has 1 amide bonds. The molecular formula is C11H15ClN2O2. The predicted octanol–water partition coefficient (Wildman–Crippen LogP) is 1.64. The van der Waals surface area contributed by atoms with Crippen LogP contribution in [0.25, 0.3) is 0 Å². The highest BCUT2D eigenvalue weighted by atomic mass is 35.5. The maximum atomic E-state index is 11.6. The lowest BCUT2D eigenvalue weighted by Crippen LogP contribution is -2.28. The number of ether oxygens (including phenoxy) is 1. The van der Waals surface area contributed by atoms with Gasteiger partial charge in [0.15, 0.2) is 0 Å². The normalized spacial score (nSPS) is 12.2. The third kappa shape index (κ3) is 4.18. The molecule has 1 atom stereocenters. The Labute approximate surface area is 99.7 Å². The minimum absolute atomic E-state index is 0.139. The summed E-state index contributed by atoms with van der Waals surface area (Å²) in [6, 6.07) is 6.97. The number of methoxy groups -OCH3 is 1. The van der Waals surface area contributed by atoms with Crippen LogP contribution in [-0.4, -0.2) is 25.7 Å². The van der Waals surface area contributed by atoms with Crippen molar-refractivity contribution < 1.29 is 9.53 Å². The number of hydrogen-bond donors (Lipinski definition) is 2. The van der Waals surface area contributed by atoms with Gasteiger partial charge in [-0.05, 0) is 18.2 Å². The lowest BCUT2D eigenvalue weighted by Gasteiger charge is -2.12. The van der Waals surface area contributed by atoms with Gasteiger partial charge in [-0.2, -0.15) is 0 Å². The van der Waals surface area contributed by atoms with Crippen molar-refractivity contribution in [1.29, 1.82) is 0 Å². The van der Waals surface area contributed by atoms with E-state index in [1.165, 1.54) is 7.11 Å². The van der Waals surface area contributed by atoms with E-state index < -0.39 is 0 Å². The standard InChI is InChI=1S/C11H15ClN2O2/c1-16-10(7-13)6-11(15)14-9-4-2-3-8(12)5-9/h2-5,10H,6-7,13H2,1H3,(H,14,15). The van der Waals surface area contributed by atoms with Gasteiger partial charge < -0.3 is 15.8 Å². The van der Waals surface area contributed by atoms with Crippen LogP contribution in [0.2, 0.25) is 5.02 Å². The van der Waals surface area contributed by atoms with Gasteiger partial charge in [0.05, 0.1) is 12.5 Å². The number of nitrogens with two attached hydrogens (primary N) is 1. The van der Waals surface area contributed by atoms with Crippen LogP contribution < -0.4 is 11.1 Å². The summed E-state index contributed by atoms with van der Waals surface area (Å²) in [6.07, 6.45) is -0.0151. The first-order valence-electron chi connectivity index (χ1n) is 4.94. The second-order valence-corrected chi connectivity index (χ2v) is 3.79. The van der Waals surface area contributed by atoms with E-state index in [4.69, 9.17) is 22.1 Å². The molecule has 4 nitrogen and oxygen atoms in total. The molecule has 0 aromatic heterocycles. The van der Waals surface area contributed by atoms with Crippen LogP contribution in [0.3, 0.4) is 0 Å². The SMILES string of the molecule is COC(CN)CC(=O)Nc1cccc(Cl)c1. The fourth-order valence-electron chi connectivity index (χ4n) is 1.25. The van der Waals surface area contributed by atoms with Crippen LogP contribution in [0.15, 0.2) is 24.3 Å². The number of carbonyl (C=O) groups excluding carboxylic acids is 1. The van der Waals surface area contributed by atoms with Crippen LogP contribution in [-0.2, 0) is 9.53 Å². The van der Waals surface area contributed by atoms with Gasteiger partial charge in [0, 0.05) is 24.4 Å². The number of carbonyl (C=O) groups is 1. The van der Waals surface area contributed by atoms with E-state index in [1.807, 2.05) is 0 Å². The van der Waals surface area contributed by atoms with Crippen molar-refractivity contribution in [1.82, 2.24) is 0 Å². The minimum Gasteiger partial charge on any atom is -0.380 e. The van der Waals surface area contributed by atoms with Gasteiger partial charge in [0.2, 0.25) is 5.91 Å². The zero-order chi connectivity index (χ0) is 12.0. The monoisotopic (exact) mass is 242 g/mol. The molecule has 16 heavy (non-hydrogen) atoms. The summed E-state index contributed by atoms with van der Waals surface area (Å²) in [7, 11) is 1.53. The van der Waals surface area contributed by atoms with Crippen molar-refractivity contribution in [2.24, 2.45) is 5.73 Å². The molecular weight excluding hydrogens is 228 g/mol. The molecule has 0 saturated carbocycles. The molecule has 0 radical (unpaired) electrons. The van der Waals surface area contributed by atoms with Crippen LogP contribution in [0.1, 0.15) is 6.42 Å². The maximum Gasteiger partial charge on any atom is 0.227 e. The lowest BCUT2D eigenvalue weighted by atomic mass is 10.2. The topological polar surface area (TPSA) is 64.3 Å². The van der Waals surface area contributed by atoms with Gasteiger partial charge in [0.25, 0.3) is 0 Å². The zero-order valence-electron chi connectivity index (χ0n) is 9.07. The van der Waals surface area contributed by atoms with E-state index in [2.05, 4.69) is 5.32 Å². The van der Waals surface area contributed by atoms with Crippen molar-refractivity contribution in [3.63, 3.8) is 0 Å². The second kappa shape index (κ2) is 6.48. The van der Waals surface area contributed by atoms with Crippen molar-refractivity contribution in [2.75, 3.05) is 19.0 Å². The molecule has 3 N–H and O–H groups in total. The van der Waals surface area contributed by atoms with E-state index in [0.717, 1.165) is 0 Å². The first-order chi connectivity index (χ1) is 7.65. The third-order valence-electron chi connectivity index (χ3n) is 2.12. The number of benzene rings is 1. The molecule has 0 saturated heterocycles. The molecule has 1 aromatic rings. The molecule has 0 aliphatic carbocycles. The summed E-state index contributed by atoms with van der Waals surface area (Å²) in [5.74, 6) is -0.139. The Kier molecular flexibility index (Phi) is 5.25. The number of amides is 1. The smallest absolute Gasteiger partial charge is 0.227 e. The van der Waals surface area contributed by atoms with Crippen LogP contribution in [0.4, 0.5) is 5.69 Å². The first-order valence-corrected chi connectivity index (χ1v) is 5.31. The highest BCUT2D eigenvalue weighted by Gasteiger charge is 2.11. The number of nitrogens with one attached hydrogen (secondary N) is 1. The van der Waals surface area contributed by atoms with Gasteiger partial charge in [0.1, 0.15) is 0 Å². The van der Waals surface area contributed by atoms with E-state index >= 15 is 0 Å². The fourth-order valence-corrected chi connectivity index (χ4v) is 1.44. The molecule has 88 valence electrons. The third-order valence-corrected chi connectivity index (χ3v) is 2.35. The van der Waals surface area contributed by atoms with Gasteiger partial charge in [-0.15, -0.1) is 0 Å². The highest BCUT2D eigenvalue weighted by Crippen LogP contribution is 2.15. The predicted molar refractivity (Wildman–Crippen MR) is 64.6 cm³/mol. The zero-order valence-corrected chi connectivity index (χ0v) is 9.83. The Morgan fingerprint density at radius 2 is 2.38 bits per heavy atom. The maximum absolute atomic E-state index is 11.6. The molecule has 5 heteroatoms. The molecule has 0 spiro atoms. The fraction of sp³-hybridized carbons (Fsp3) is 0.364. The summed E-state index contributed by atoms with van der Waals surface area (Å²) in [5.41, 5.74) is 6.09. The quantitative estimate of drug-likeness (QED) is 0.825. The van der Waals surface area contributed by atoms with Crippen molar-refractivity contribution in [3.8, 4) is 0 Å². The number of anilines is 1. The average molecular weight is 243 g/mol. The molecule has 0 fully saturated rings. The molecule has 0 heterocycles. The number of hydrogen-bond acceptors (Lipinski definition) is 3. The van der Waals surface area contributed by atoms with Crippen LogP contribution >= 0.6 is 11.6 Å². The summed E-state index contributed by atoms with van der Waals surface area (Å²) >= 11 is 5.79. The van der Waals surface area contributed by atoms with Crippen molar-refractivity contribution in [3.05, 3.63) is 29.3 Å². The Balaban J connectivity index is 2.51. The summed E-state index contributed by atoms with van der Waals surface area (Å²) in [6.45, 7) is 0.319. The van der Waals surface area contributed by atoms with Gasteiger partial charge in [-0.25, -0.2) is 0 Å². The Morgan fingerprint density at radius 3 is 2.94 bits per heavy atom. The molecule has 1 unspecified atom stereocenters. The molecule has 0 bridgehead atoms. The van der Waals surface area contributed by atoms with E-state index in [-0.39, 0.29) is 18.4 Å². The van der Waals surface area contributed by atoms with E-state index in [1.54, 1.807) is 24.3 Å². The van der Waals surface area contributed by atoms with Gasteiger partial charge >= 0.3 is 0 Å². The van der Waals surface area contributed by atoms with Crippen molar-refractivity contribution >= 4 is 23.2 Å². The van der Waals surface area contributed by atoms with Crippen molar-refractivity contribution in [2.45, 2.75) is 12.5 Å². The highest BCUT2D eigenvalue weighted by molar-refractivity contribution is 6.30. The summed E-state index contributed by atoms with van der Waals surface area (Å²) in [4.78, 5) is 11.6.